The topological polar surface area (TPSA) is 142 Å². The van der Waals surface area contributed by atoms with Crippen molar-refractivity contribution >= 4 is 29.7 Å². The van der Waals surface area contributed by atoms with Crippen LogP contribution in [0.5, 0.6) is 0 Å². The van der Waals surface area contributed by atoms with Crippen LogP contribution < -0.4 is 16.4 Å². The van der Waals surface area contributed by atoms with Crippen LogP contribution in [0.4, 0.5) is 4.79 Å². The molecule has 8 nitrogen and oxygen atoms in total. The molecule has 2 unspecified atom stereocenters. The third-order valence-electron chi connectivity index (χ3n) is 2.00. The Kier molecular flexibility index (Phi) is 7.88. The zero-order chi connectivity index (χ0) is 14.1. The molecule has 0 saturated heterocycles. The molecule has 0 spiro atoms. The molecule has 0 fully saturated rings. The van der Waals surface area contributed by atoms with Gasteiger partial charge in [-0.2, -0.15) is 11.8 Å². The van der Waals surface area contributed by atoms with E-state index in [0.717, 1.165) is 0 Å². The van der Waals surface area contributed by atoms with Crippen LogP contribution in [0.15, 0.2) is 0 Å². The number of aliphatic hydroxyl groups excluding tert-OH is 1. The standard InChI is InChI=1S/C9H17N3O5S/c1-18-3-2-5(12-9(10)17)7(14)11-4-6(13)8(15)16/h5-6,13H,2-4H2,1H3,(H,11,14)(H,15,16)(H3,10,12,17). The lowest BCUT2D eigenvalue weighted by molar-refractivity contribution is -0.146. The van der Waals surface area contributed by atoms with Gasteiger partial charge in [-0.3, -0.25) is 4.79 Å². The first-order valence-corrected chi connectivity index (χ1v) is 6.51. The highest BCUT2D eigenvalue weighted by atomic mass is 32.2. The molecule has 0 aromatic rings. The van der Waals surface area contributed by atoms with Crippen molar-refractivity contribution < 1.29 is 24.6 Å². The Labute approximate surface area is 108 Å². The first-order valence-electron chi connectivity index (χ1n) is 5.12. The van der Waals surface area contributed by atoms with Crippen molar-refractivity contribution in [3.63, 3.8) is 0 Å². The maximum absolute atomic E-state index is 11.6. The van der Waals surface area contributed by atoms with Gasteiger partial charge in [-0.15, -0.1) is 0 Å². The molecule has 0 aliphatic rings. The summed E-state index contributed by atoms with van der Waals surface area (Å²) in [7, 11) is 0. The van der Waals surface area contributed by atoms with Gasteiger partial charge < -0.3 is 26.6 Å². The van der Waals surface area contributed by atoms with E-state index in [1.807, 2.05) is 6.26 Å². The number of rotatable bonds is 8. The highest BCUT2D eigenvalue weighted by Crippen LogP contribution is 2.01. The first-order chi connectivity index (χ1) is 8.38. The molecule has 0 aromatic carbocycles. The Morgan fingerprint density at radius 2 is 2.00 bits per heavy atom. The van der Waals surface area contributed by atoms with Crippen molar-refractivity contribution in [1.82, 2.24) is 10.6 Å². The second kappa shape index (κ2) is 8.59. The van der Waals surface area contributed by atoms with E-state index in [2.05, 4.69) is 10.6 Å². The molecule has 0 bridgehead atoms. The van der Waals surface area contributed by atoms with Crippen LogP contribution in [-0.4, -0.2) is 58.8 Å². The van der Waals surface area contributed by atoms with E-state index in [9.17, 15) is 14.4 Å². The number of amides is 3. The largest absolute Gasteiger partial charge is 0.479 e. The molecule has 104 valence electrons. The maximum atomic E-state index is 11.6. The molecule has 2 atom stereocenters. The Bertz CT molecular complexity index is 313. The number of hydrogen-bond donors (Lipinski definition) is 5. The van der Waals surface area contributed by atoms with Crippen molar-refractivity contribution in [1.29, 1.82) is 0 Å². The highest BCUT2D eigenvalue weighted by Gasteiger charge is 2.21. The fourth-order valence-electron chi connectivity index (χ4n) is 1.08. The molecule has 6 N–H and O–H groups in total. The van der Waals surface area contributed by atoms with Gasteiger partial charge in [-0.1, -0.05) is 0 Å². The number of primary amides is 1. The number of thioether (sulfide) groups is 1. The number of hydrogen-bond acceptors (Lipinski definition) is 5. The third-order valence-corrected chi connectivity index (χ3v) is 2.64. The second-order valence-corrected chi connectivity index (χ2v) is 4.43. The smallest absolute Gasteiger partial charge is 0.334 e. The quantitative estimate of drug-likeness (QED) is 0.360. The number of urea groups is 1. The van der Waals surface area contributed by atoms with Crippen LogP contribution in [0.3, 0.4) is 0 Å². The molecule has 0 aliphatic heterocycles. The minimum absolute atomic E-state index is 0.360. The number of carbonyl (C=O) groups is 3. The number of carboxylic acids is 1. The Hall–Kier alpha value is -1.48. The minimum atomic E-state index is -1.68. The minimum Gasteiger partial charge on any atom is -0.479 e. The number of carboxylic acid groups (broad SMARTS) is 1. The van der Waals surface area contributed by atoms with E-state index in [4.69, 9.17) is 15.9 Å². The van der Waals surface area contributed by atoms with Gasteiger partial charge in [0.1, 0.15) is 6.04 Å². The van der Waals surface area contributed by atoms with Gasteiger partial charge in [-0.25, -0.2) is 9.59 Å². The van der Waals surface area contributed by atoms with Gasteiger partial charge in [0.15, 0.2) is 6.10 Å². The normalized spacial score (nSPS) is 13.4. The average Bonchev–Trinajstić information content (AvgIpc) is 2.30. The summed E-state index contributed by atoms with van der Waals surface area (Å²) < 4.78 is 0. The lowest BCUT2D eigenvalue weighted by atomic mass is 10.2. The average molecular weight is 279 g/mol. The predicted molar refractivity (Wildman–Crippen MR) is 66.2 cm³/mol. The maximum Gasteiger partial charge on any atom is 0.334 e. The van der Waals surface area contributed by atoms with Gasteiger partial charge >= 0.3 is 12.0 Å². The summed E-state index contributed by atoms with van der Waals surface area (Å²) in [6.45, 7) is -0.426. The summed E-state index contributed by atoms with van der Waals surface area (Å²) in [5, 5.41) is 21.9. The molecule has 0 heterocycles. The molecule has 0 aromatic heterocycles. The summed E-state index contributed by atoms with van der Waals surface area (Å²) in [5.41, 5.74) is 4.93. The van der Waals surface area contributed by atoms with Crippen molar-refractivity contribution in [2.24, 2.45) is 5.73 Å². The van der Waals surface area contributed by atoms with Crippen LogP contribution in [0.1, 0.15) is 6.42 Å². The van der Waals surface area contributed by atoms with E-state index in [1.165, 1.54) is 11.8 Å². The number of aliphatic carboxylic acids is 1. The number of nitrogens with one attached hydrogen (secondary N) is 2. The molecular weight excluding hydrogens is 262 g/mol. The number of carbonyl (C=O) groups excluding carboxylic acids is 2. The van der Waals surface area contributed by atoms with Gasteiger partial charge in [0.2, 0.25) is 5.91 Å². The van der Waals surface area contributed by atoms with E-state index in [-0.39, 0.29) is 0 Å². The van der Waals surface area contributed by atoms with E-state index >= 15 is 0 Å². The molecule has 0 saturated carbocycles. The summed E-state index contributed by atoms with van der Waals surface area (Å²) in [6.07, 6.45) is 0.524. The van der Waals surface area contributed by atoms with Gasteiger partial charge in [-0.05, 0) is 18.4 Å². The van der Waals surface area contributed by atoms with Gasteiger partial charge in [0.25, 0.3) is 0 Å². The van der Waals surface area contributed by atoms with Gasteiger partial charge in [0.05, 0.1) is 6.54 Å². The molecule has 18 heavy (non-hydrogen) atoms. The van der Waals surface area contributed by atoms with Crippen molar-refractivity contribution in [2.45, 2.75) is 18.6 Å². The van der Waals surface area contributed by atoms with Crippen LogP contribution in [0.25, 0.3) is 0 Å². The Balaban J connectivity index is 4.27. The number of aliphatic hydroxyl groups is 1. The monoisotopic (exact) mass is 279 g/mol. The molecule has 0 aliphatic carbocycles. The fourth-order valence-corrected chi connectivity index (χ4v) is 1.56. The van der Waals surface area contributed by atoms with Crippen LogP contribution in [0.2, 0.25) is 0 Å². The Morgan fingerprint density at radius 3 is 2.44 bits per heavy atom. The van der Waals surface area contributed by atoms with Crippen molar-refractivity contribution in [3.8, 4) is 0 Å². The summed E-state index contributed by atoms with van der Waals surface area (Å²) in [5.74, 6) is -1.39. The highest BCUT2D eigenvalue weighted by molar-refractivity contribution is 7.98. The third kappa shape index (κ3) is 6.97. The zero-order valence-electron chi connectivity index (χ0n) is 9.88. The van der Waals surface area contributed by atoms with Gasteiger partial charge in [0, 0.05) is 0 Å². The molecule has 9 heteroatoms. The molecule has 3 amide bonds. The SMILES string of the molecule is CSCCC(NC(N)=O)C(=O)NCC(O)C(=O)O. The molecule has 0 rings (SSSR count). The van der Waals surface area contributed by atoms with Crippen LogP contribution >= 0.6 is 11.8 Å². The second-order valence-electron chi connectivity index (χ2n) is 3.44. The van der Waals surface area contributed by atoms with E-state index in [0.29, 0.717) is 12.2 Å². The van der Waals surface area contributed by atoms with Crippen molar-refractivity contribution in [2.75, 3.05) is 18.6 Å². The van der Waals surface area contributed by atoms with E-state index in [1.54, 1.807) is 0 Å². The molecule has 0 radical (unpaired) electrons. The first kappa shape index (κ1) is 16.5. The van der Waals surface area contributed by atoms with Crippen LogP contribution in [-0.2, 0) is 9.59 Å². The molecular formula is C9H17N3O5S. The predicted octanol–water partition coefficient (Wildman–Crippen LogP) is -1.66. The van der Waals surface area contributed by atoms with Crippen molar-refractivity contribution in [3.05, 3.63) is 0 Å². The summed E-state index contributed by atoms with van der Waals surface area (Å²) in [6, 6.07) is -1.68. The van der Waals surface area contributed by atoms with E-state index < -0.39 is 36.6 Å². The van der Waals surface area contributed by atoms with Crippen LogP contribution in [0, 0.1) is 0 Å². The Morgan fingerprint density at radius 1 is 1.39 bits per heavy atom. The zero-order valence-corrected chi connectivity index (χ0v) is 10.7. The number of nitrogens with two attached hydrogens (primary N) is 1. The summed E-state index contributed by atoms with van der Waals surface area (Å²) in [4.78, 5) is 32.7. The fraction of sp³-hybridized carbons (Fsp3) is 0.667. The summed E-state index contributed by atoms with van der Waals surface area (Å²) >= 11 is 1.49. The lowest BCUT2D eigenvalue weighted by Crippen LogP contribution is -2.50. The lowest BCUT2D eigenvalue weighted by Gasteiger charge is -2.17.